The van der Waals surface area contributed by atoms with E-state index in [0.29, 0.717) is 17.2 Å². The summed E-state index contributed by atoms with van der Waals surface area (Å²) in [6.07, 6.45) is -0.769. The van der Waals surface area contributed by atoms with Crippen LogP contribution >= 0.6 is 0 Å². The van der Waals surface area contributed by atoms with E-state index in [2.05, 4.69) is 10.6 Å². The third-order valence-electron chi connectivity index (χ3n) is 3.30. The molecule has 2 aromatic rings. The van der Waals surface area contributed by atoms with E-state index in [9.17, 15) is 9.90 Å². The molecule has 0 radical (unpaired) electrons. The van der Waals surface area contributed by atoms with E-state index in [1.807, 2.05) is 18.2 Å². The zero-order valence-corrected chi connectivity index (χ0v) is 13.1. The fourth-order valence-corrected chi connectivity index (χ4v) is 2.06. The van der Waals surface area contributed by atoms with E-state index in [1.165, 1.54) is 7.11 Å². The molecular formula is C17H20N2O4. The smallest absolute Gasteiger partial charge is 0.319 e. The number of rotatable bonds is 6. The molecule has 23 heavy (non-hydrogen) atoms. The normalized spacial score (nSPS) is 11.4. The van der Waals surface area contributed by atoms with E-state index in [1.54, 1.807) is 37.4 Å². The number of benzene rings is 2. The SMILES string of the molecule is COc1ccc(OC)c(NC(=O)NC[C@H](O)c2ccccc2)c1. The van der Waals surface area contributed by atoms with Crippen molar-refractivity contribution in [1.82, 2.24) is 5.32 Å². The van der Waals surface area contributed by atoms with Crippen LogP contribution in [0.3, 0.4) is 0 Å². The molecule has 0 unspecified atom stereocenters. The van der Waals surface area contributed by atoms with Gasteiger partial charge in [0.15, 0.2) is 0 Å². The molecule has 0 fully saturated rings. The van der Waals surface area contributed by atoms with Crippen molar-refractivity contribution in [3.8, 4) is 11.5 Å². The van der Waals surface area contributed by atoms with Crippen molar-refractivity contribution in [2.24, 2.45) is 0 Å². The number of ether oxygens (including phenoxy) is 2. The first-order valence-electron chi connectivity index (χ1n) is 7.14. The number of methoxy groups -OCH3 is 2. The fraction of sp³-hybridized carbons (Fsp3) is 0.235. The average molecular weight is 316 g/mol. The number of urea groups is 1. The van der Waals surface area contributed by atoms with Gasteiger partial charge in [-0.3, -0.25) is 0 Å². The van der Waals surface area contributed by atoms with Gasteiger partial charge < -0.3 is 25.2 Å². The molecule has 3 N–H and O–H groups in total. The summed E-state index contributed by atoms with van der Waals surface area (Å²) in [4.78, 5) is 12.0. The molecule has 2 aromatic carbocycles. The van der Waals surface area contributed by atoms with Crippen LogP contribution in [0.5, 0.6) is 11.5 Å². The molecular weight excluding hydrogens is 296 g/mol. The first-order valence-corrected chi connectivity index (χ1v) is 7.14. The van der Waals surface area contributed by atoms with Crippen LogP contribution in [0.1, 0.15) is 11.7 Å². The molecule has 0 saturated heterocycles. The number of carbonyl (C=O) groups excluding carboxylic acids is 1. The van der Waals surface area contributed by atoms with Crippen LogP contribution in [0, 0.1) is 0 Å². The highest BCUT2D eigenvalue weighted by Crippen LogP contribution is 2.28. The molecule has 0 aromatic heterocycles. The Balaban J connectivity index is 1.94. The summed E-state index contributed by atoms with van der Waals surface area (Å²) < 4.78 is 10.3. The summed E-state index contributed by atoms with van der Waals surface area (Å²) in [6.45, 7) is 0.0993. The number of carbonyl (C=O) groups is 1. The second kappa shape index (κ2) is 8.05. The molecule has 0 aliphatic rings. The Labute approximate surface area is 135 Å². The van der Waals surface area contributed by atoms with Crippen LogP contribution < -0.4 is 20.1 Å². The van der Waals surface area contributed by atoms with Crippen LogP contribution in [0.25, 0.3) is 0 Å². The van der Waals surface area contributed by atoms with Crippen molar-refractivity contribution in [1.29, 1.82) is 0 Å². The minimum absolute atomic E-state index is 0.0993. The van der Waals surface area contributed by atoms with Gasteiger partial charge in [0.2, 0.25) is 0 Å². The molecule has 0 heterocycles. The minimum atomic E-state index is -0.769. The van der Waals surface area contributed by atoms with E-state index in [0.717, 1.165) is 5.56 Å². The zero-order chi connectivity index (χ0) is 16.7. The van der Waals surface area contributed by atoms with E-state index < -0.39 is 12.1 Å². The Hall–Kier alpha value is -2.73. The highest BCUT2D eigenvalue weighted by molar-refractivity contribution is 5.91. The van der Waals surface area contributed by atoms with Gasteiger partial charge in [0.25, 0.3) is 0 Å². The number of nitrogens with one attached hydrogen (secondary N) is 2. The predicted octanol–water partition coefficient (Wildman–Crippen LogP) is 2.56. The fourth-order valence-electron chi connectivity index (χ4n) is 2.06. The van der Waals surface area contributed by atoms with Gasteiger partial charge in [0.1, 0.15) is 11.5 Å². The highest BCUT2D eigenvalue weighted by Gasteiger charge is 2.11. The topological polar surface area (TPSA) is 79.8 Å². The van der Waals surface area contributed by atoms with Crippen LogP contribution in [-0.4, -0.2) is 31.9 Å². The van der Waals surface area contributed by atoms with Gasteiger partial charge >= 0.3 is 6.03 Å². The van der Waals surface area contributed by atoms with E-state index in [-0.39, 0.29) is 6.54 Å². The maximum absolute atomic E-state index is 12.0. The average Bonchev–Trinajstić information content (AvgIpc) is 2.60. The third kappa shape index (κ3) is 4.62. The molecule has 0 aliphatic carbocycles. The van der Waals surface area contributed by atoms with Crippen LogP contribution in [0.15, 0.2) is 48.5 Å². The molecule has 2 rings (SSSR count). The first-order chi connectivity index (χ1) is 11.1. The lowest BCUT2D eigenvalue weighted by Gasteiger charge is -2.15. The number of hydrogen-bond donors (Lipinski definition) is 3. The van der Waals surface area contributed by atoms with Gasteiger partial charge in [-0.1, -0.05) is 30.3 Å². The van der Waals surface area contributed by atoms with Gasteiger partial charge in [0.05, 0.1) is 26.0 Å². The quantitative estimate of drug-likeness (QED) is 0.765. The molecule has 1 atom stereocenters. The standard InChI is InChI=1S/C17H20N2O4/c1-22-13-8-9-16(23-2)14(10-13)19-17(21)18-11-15(20)12-6-4-3-5-7-12/h3-10,15,20H,11H2,1-2H3,(H2,18,19,21)/t15-/m0/s1. The molecule has 122 valence electrons. The minimum Gasteiger partial charge on any atom is -0.497 e. The Kier molecular flexibility index (Phi) is 5.82. The summed E-state index contributed by atoms with van der Waals surface area (Å²) in [6, 6.07) is 13.8. The van der Waals surface area contributed by atoms with Gasteiger partial charge in [-0.15, -0.1) is 0 Å². The van der Waals surface area contributed by atoms with E-state index in [4.69, 9.17) is 9.47 Å². The van der Waals surface area contributed by atoms with Crippen LogP contribution in [-0.2, 0) is 0 Å². The summed E-state index contributed by atoms with van der Waals surface area (Å²) in [5.41, 5.74) is 1.23. The van der Waals surface area contributed by atoms with Crippen LogP contribution in [0.4, 0.5) is 10.5 Å². The van der Waals surface area contributed by atoms with Gasteiger partial charge in [-0.25, -0.2) is 4.79 Å². The number of amides is 2. The zero-order valence-electron chi connectivity index (χ0n) is 13.1. The number of anilines is 1. The van der Waals surface area contributed by atoms with Gasteiger partial charge in [-0.2, -0.15) is 0 Å². The van der Waals surface area contributed by atoms with Crippen molar-refractivity contribution in [2.45, 2.75) is 6.10 Å². The van der Waals surface area contributed by atoms with Crippen molar-refractivity contribution in [2.75, 3.05) is 26.1 Å². The van der Waals surface area contributed by atoms with Gasteiger partial charge in [-0.05, 0) is 17.7 Å². The summed E-state index contributed by atoms with van der Waals surface area (Å²) in [5, 5.41) is 15.3. The monoisotopic (exact) mass is 316 g/mol. The molecule has 2 amide bonds. The Morgan fingerprint density at radius 1 is 1.13 bits per heavy atom. The largest absolute Gasteiger partial charge is 0.497 e. The third-order valence-corrected chi connectivity index (χ3v) is 3.30. The van der Waals surface area contributed by atoms with Crippen molar-refractivity contribution >= 4 is 11.7 Å². The summed E-state index contributed by atoms with van der Waals surface area (Å²) in [5.74, 6) is 1.12. The number of aliphatic hydroxyl groups is 1. The Morgan fingerprint density at radius 3 is 2.52 bits per heavy atom. The maximum Gasteiger partial charge on any atom is 0.319 e. The van der Waals surface area contributed by atoms with Crippen LogP contribution in [0.2, 0.25) is 0 Å². The highest BCUT2D eigenvalue weighted by atomic mass is 16.5. The predicted molar refractivity (Wildman–Crippen MR) is 88.0 cm³/mol. The lowest BCUT2D eigenvalue weighted by molar-refractivity contribution is 0.175. The maximum atomic E-state index is 12.0. The number of hydrogen-bond acceptors (Lipinski definition) is 4. The Bertz CT molecular complexity index is 646. The molecule has 6 heteroatoms. The van der Waals surface area contributed by atoms with Crippen molar-refractivity contribution in [3.05, 3.63) is 54.1 Å². The Morgan fingerprint density at radius 2 is 1.87 bits per heavy atom. The molecule has 0 saturated carbocycles. The lowest BCUT2D eigenvalue weighted by atomic mass is 10.1. The van der Waals surface area contributed by atoms with Crippen molar-refractivity contribution < 1.29 is 19.4 Å². The second-order valence-electron chi connectivity index (χ2n) is 4.83. The van der Waals surface area contributed by atoms with Crippen molar-refractivity contribution in [3.63, 3.8) is 0 Å². The van der Waals surface area contributed by atoms with E-state index >= 15 is 0 Å². The summed E-state index contributed by atoms with van der Waals surface area (Å²) in [7, 11) is 3.06. The summed E-state index contributed by atoms with van der Waals surface area (Å²) >= 11 is 0. The molecule has 0 bridgehead atoms. The lowest BCUT2D eigenvalue weighted by Crippen LogP contribution is -2.32. The second-order valence-corrected chi connectivity index (χ2v) is 4.83. The van der Waals surface area contributed by atoms with Gasteiger partial charge in [0, 0.05) is 12.6 Å². The number of aliphatic hydroxyl groups excluding tert-OH is 1. The first kappa shape index (κ1) is 16.6. The molecule has 0 spiro atoms. The molecule has 0 aliphatic heterocycles. The molecule has 6 nitrogen and oxygen atoms in total.